The fraction of sp³-hybridized carbons (Fsp3) is 0.286. The number of nitrogen functional groups attached to an aromatic ring is 1. The summed E-state index contributed by atoms with van der Waals surface area (Å²) in [4.78, 5) is 12.4. The number of nitrogens with two attached hydrogens (primary N) is 1. The SMILES string of the molecule is CCn1nc(C)c(N)c1C(=O)Nc1cccc(Cl)c1C. The Morgan fingerprint density at radius 3 is 2.80 bits per heavy atom. The van der Waals surface area contributed by atoms with Gasteiger partial charge in [-0.3, -0.25) is 9.48 Å². The molecule has 0 radical (unpaired) electrons. The summed E-state index contributed by atoms with van der Waals surface area (Å²) in [5, 5.41) is 7.68. The van der Waals surface area contributed by atoms with Crippen molar-refractivity contribution >= 4 is 28.9 Å². The fourth-order valence-corrected chi connectivity index (χ4v) is 2.16. The van der Waals surface area contributed by atoms with Gasteiger partial charge >= 0.3 is 0 Å². The number of rotatable bonds is 3. The van der Waals surface area contributed by atoms with Crippen molar-refractivity contribution in [1.82, 2.24) is 9.78 Å². The van der Waals surface area contributed by atoms with Gasteiger partial charge in [-0.05, 0) is 38.5 Å². The summed E-state index contributed by atoms with van der Waals surface area (Å²) in [5.41, 5.74) is 8.86. The Labute approximate surface area is 122 Å². The molecule has 1 aromatic carbocycles. The monoisotopic (exact) mass is 292 g/mol. The van der Waals surface area contributed by atoms with E-state index in [4.69, 9.17) is 17.3 Å². The molecule has 0 saturated heterocycles. The van der Waals surface area contributed by atoms with E-state index in [1.54, 1.807) is 29.8 Å². The maximum Gasteiger partial charge on any atom is 0.276 e. The second kappa shape index (κ2) is 5.54. The first-order chi connectivity index (χ1) is 9.45. The molecule has 20 heavy (non-hydrogen) atoms. The molecule has 1 heterocycles. The number of aromatic nitrogens is 2. The Morgan fingerprint density at radius 1 is 1.45 bits per heavy atom. The molecule has 0 aliphatic heterocycles. The molecular formula is C14H17ClN4O. The largest absolute Gasteiger partial charge is 0.395 e. The van der Waals surface area contributed by atoms with Gasteiger partial charge in [-0.1, -0.05) is 17.7 Å². The zero-order valence-corrected chi connectivity index (χ0v) is 12.5. The van der Waals surface area contributed by atoms with Gasteiger partial charge in [0.05, 0.1) is 11.4 Å². The standard InChI is InChI=1S/C14H17ClN4O/c1-4-19-13(12(16)9(3)18-19)14(20)17-11-7-5-6-10(15)8(11)2/h5-7H,4,16H2,1-3H3,(H,17,20). The van der Waals surface area contributed by atoms with Crippen molar-refractivity contribution in [3.63, 3.8) is 0 Å². The van der Waals surface area contributed by atoms with Crippen LogP contribution in [0.15, 0.2) is 18.2 Å². The average molecular weight is 293 g/mol. The van der Waals surface area contributed by atoms with E-state index in [1.807, 2.05) is 13.8 Å². The van der Waals surface area contributed by atoms with E-state index < -0.39 is 0 Å². The smallest absolute Gasteiger partial charge is 0.276 e. The van der Waals surface area contributed by atoms with Gasteiger partial charge in [0.1, 0.15) is 5.69 Å². The fourth-order valence-electron chi connectivity index (χ4n) is 1.99. The van der Waals surface area contributed by atoms with Crippen LogP contribution in [-0.2, 0) is 6.54 Å². The van der Waals surface area contributed by atoms with Gasteiger partial charge in [0.15, 0.2) is 0 Å². The third kappa shape index (κ3) is 2.49. The Hall–Kier alpha value is -2.01. The van der Waals surface area contributed by atoms with Gasteiger partial charge in [-0.2, -0.15) is 5.10 Å². The highest BCUT2D eigenvalue weighted by atomic mass is 35.5. The summed E-state index contributed by atoms with van der Waals surface area (Å²) < 4.78 is 1.60. The number of amides is 1. The second-order valence-electron chi connectivity index (χ2n) is 4.53. The third-order valence-corrected chi connectivity index (χ3v) is 3.61. The molecule has 5 nitrogen and oxygen atoms in total. The first-order valence-corrected chi connectivity index (χ1v) is 6.72. The number of nitrogens with one attached hydrogen (secondary N) is 1. The maximum absolute atomic E-state index is 12.4. The highest BCUT2D eigenvalue weighted by Gasteiger charge is 2.19. The van der Waals surface area contributed by atoms with E-state index in [1.165, 1.54) is 0 Å². The minimum atomic E-state index is -0.282. The molecule has 106 valence electrons. The molecule has 1 amide bonds. The van der Waals surface area contributed by atoms with Crippen LogP contribution in [0.5, 0.6) is 0 Å². The second-order valence-corrected chi connectivity index (χ2v) is 4.94. The normalized spacial score (nSPS) is 10.6. The molecule has 0 spiro atoms. The van der Waals surface area contributed by atoms with Crippen LogP contribution >= 0.6 is 11.6 Å². The van der Waals surface area contributed by atoms with Crippen molar-refractivity contribution in [2.24, 2.45) is 0 Å². The van der Waals surface area contributed by atoms with Crippen LogP contribution in [0.1, 0.15) is 28.7 Å². The topological polar surface area (TPSA) is 72.9 Å². The summed E-state index contributed by atoms with van der Waals surface area (Å²) in [6.07, 6.45) is 0. The van der Waals surface area contributed by atoms with Crippen molar-refractivity contribution in [2.75, 3.05) is 11.1 Å². The van der Waals surface area contributed by atoms with Gasteiger partial charge in [-0.25, -0.2) is 0 Å². The Balaban J connectivity index is 2.36. The zero-order valence-electron chi connectivity index (χ0n) is 11.7. The maximum atomic E-state index is 12.4. The number of aryl methyl sites for hydroxylation is 2. The Kier molecular flexibility index (Phi) is 3.99. The number of benzene rings is 1. The van der Waals surface area contributed by atoms with Crippen molar-refractivity contribution in [3.05, 3.63) is 40.2 Å². The van der Waals surface area contributed by atoms with E-state index in [0.29, 0.717) is 34.3 Å². The van der Waals surface area contributed by atoms with Gasteiger partial charge in [0.2, 0.25) is 0 Å². The van der Waals surface area contributed by atoms with Crippen LogP contribution in [0.4, 0.5) is 11.4 Å². The summed E-state index contributed by atoms with van der Waals surface area (Å²) in [5.74, 6) is -0.282. The molecule has 0 aliphatic rings. The van der Waals surface area contributed by atoms with Crippen molar-refractivity contribution in [2.45, 2.75) is 27.3 Å². The van der Waals surface area contributed by atoms with E-state index in [-0.39, 0.29) is 5.91 Å². The van der Waals surface area contributed by atoms with E-state index >= 15 is 0 Å². The summed E-state index contributed by atoms with van der Waals surface area (Å²) >= 11 is 6.04. The van der Waals surface area contributed by atoms with E-state index in [0.717, 1.165) is 5.56 Å². The molecule has 0 unspecified atom stereocenters. The van der Waals surface area contributed by atoms with Crippen LogP contribution < -0.4 is 11.1 Å². The first kappa shape index (κ1) is 14.4. The molecule has 0 aliphatic carbocycles. The van der Waals surface area contributed by atoms with Crippen LogP contribution in [0.2, 0.25) is 5.02 Å². The molecule has 1 aromatic heterocycles. The Morgan fingerprint density at radius 2 is 2.15 bits per heavy atom. The lowest BCUT2D eigenvalue weighted by Gasteiger charge is -2.10. The highest BCUT2D eigenvalue weighted by Crippen LogP contribution is 2.24. The number of nitrogens with zero attached hydrogens (tertiary/aromatic N) is 2. The predicted octanol–water partition coefficient (Wildman–Crippen LogP) is 3.01. The molecule has 6 heteroatoms. The molecular weight excluding hydrogens is 276 g/mol. The summed E-state index contributed by atoms with van der Waals surface area (Å²) in [7, 11) is 0. The van der Waals surface area contributed by atoms with E-state index in [9.17, 15) is 4.79 Å². The predicted molar refractivity (Wildman–Crippen MR) is 81.2 cm³/mol. The number of anilines is 2. The van der Waals surface area contributed by atoms with Crippen molar-refractivity contribution < 1.29 is 4.79 Å². The minimum Gasteiger partial charge on any atom is -0.395 e. The lowest BCUT2D eigenvalue weighted by molar-refractivity contribution is 0.101. The van der Waals surface area contributed by atoms with Crippen molar-refractivity contribution in [3.8, 4) is 0 Å². The Bertz CT molecular complexity index is 663. The summed E-state index contributed by atoms with van der Waals surface area (Å²) in [6.45, 7) is 6.12. The first-order valence-electron chi connectivity index (χ1n) is 6.35. The quantitative estimate of drug-likeness (QED) is 0.913. The van der Waals surface area contributed by atoms with Crippen LogP contribution in [0.25, 0.3) is 0 Å². The van der Waals surface area contributed by atoms with Gasteiger partial charge in [-0.15, -0.1) is 0 Å². The van der Waals surface area contributed by atoms with Gasteiger partial charge in [0.25, 0.3) is 5.91 Å². The molecule has 0 bridgehead atoms. The van der Waals surface area contributed by atoms with E-state index in [2.05, 4.69) is 10.4 Å². The van der Waals surface area contributed by atoms with Crippen molar-refractivity contribution in [1.29, 1.82) is 0 Å². The van der Waals surface area contributed by atoms with Gasteiger partial charge in [0, 0.05) is 17.3 Å². The lowest BCUT2D eigenvalue weighted by Crippen LogP contribution is -2.19. The number of hydrogen-bond acceptors (Lipinski definition) is 3. The third-order valence-electron chi connectivity index (χ3n) is 3.20. The van der Waals surface area contributed by atoms with Crippen LogP contribution in [-0.4, -0.2) is 15.7 Å². The number of halogens is 1. The molecule has 0 atom stereocenters. The molecule has 0 fully saturated rings. The van der Waals surface area contributed by atoms with Gasteiger partial charge < -0.3 is 11.1 Å². The zero-order chi connectivity index (χ0) is 14.9. The summed E-state index contributed by atoms with van der Waals surface area (Å²) in [6, 6.07) is 5.37. The number of carbonyl (C=O) groups excluding carboxylic acids is 1. The average Bonchev–Trinajstić information content (AvgIpc) is 2.70. The van der Waals surface area contributed by atoms with Crippen LogP contribution in [0, 0.1) is 13.8 Å². The molecule has 2 aromatic rings. The molecule has 0 saturated carbocycles. The minimum absolute atomic E-state index is 0.282. The molecule has 3 N–H and O–H groups in total. The highest BCUT2D eigenvalue weighted by molar-refractivity contribution is 6.31. The number of hydrogen-bond donors (Lipinski definition) is 2. The van der Waals surface area contributed by atoms with Crippen LogP contribution in [0.3, 0.4) is 0 Å². The molecule has 2 rings (SSSR count). The number of carbonyl (C=O) groups is 1. The lowest BCUT2D eigenvalue weighted by atomic mass is 10.2.